The van der Waals surface area contributed by atoms with Gasteiger partial charge in [0, 0.05) is 29.1 Å². The number of nitrogens with one attached hydrogen (secondary N) is 2. The molecule has 1 unspecified atom stereocenters. The first-order valence-electron chi connectivity index (χ1n) is 9.25. The van der Waals surface area contributed by atoms with Crippen molar-refractivity contribution in [2.24, 2.45) is 0 Å². The maximum atomic E-state index is 13.2. The molecule has 4 rings (SSSR count). The Kier molecular flexibility index (Phi) is 5.10. The van der Waals surface area contributed by atoms with Crippen molar-refractivity contribution in [3.63, 3.8) is 0 Å². The Balaban J connectivity index is 1.63. The largest absolute Gasteiger partial charge is 0.329 e. The molecule has 0 bridgehead atoms. The van der Waals surface area contributed by atoms with E-state index in [4.69, 9.17) is 11.6 Å². The van der Waals surface area contributed by atoms with Crippen LogP contribution in [0.2, 0.25) is 5.02 Å². The third-order valence-corrected chi connectivity index (χ3v) is 5.62. The van der Waals surface area contributed by atoms with E-state index in [0.717, 1.165) is 29.4 Å². The highest BCUT2D eigenvalue weighted by Crippen LogP contribution is 2.27. The maximum Gasteiger partial charge on any atom is 0.255 e. The lowest BCUT2D eigenvalue weighted by Crippen LogP contribution is -2.41. The van der Waals surface area contributed by atoms with Gasteiger partial charge in [-0.1, -0.05) is 48.4 Å². The first-order valence-corrected chi connectivity index (χ1v) is 9.63. The summed E-state index contributed by atoms with van der Waals surface area (Å²) >= 11 is 6.39. The van der Waals surface area contributed by atoms with E-state index in [-0.39, 0.29) is 23.8 Å². The Bertz CT molecular complexity index is 1030. The van der Waals surface area contributed by atoms with Gasteiger partial charge in [-0.25, -0.2) is 0 Å². The van der Waals surface area contributed by atoms with Gasteiger partial charge < -0.3 is 10.3 Å². The lowest BCUT2D eigenvalue weighted by Gasteiger charge is -2.31. The number of pyridine rings is 1. The molecular formula is C22H21ClN2O2. The summed E-state index contributed by atoms with van der Waals surface area (Å²) < 4.78 is 0. The van der Waals surface area contributed by atoms with Gasteiger partial charge in [0.25, 0.3) is 5.56 Å². The van der Waals surface area contributed by atoms with Crippen LogP contribution >= 0.6 is 11.6 Å². The summed E-state index contributed by atoms with van der Waals surface area (Å²) in [7, 11) is 0. The van der Waals surface area contributed by atoms with Crippen LogP contribution in [0, 0.1) is 0 Å². The highest BCUT2D eigenvalue weighted by Gasteiger charge is 2.27. The number of ketones is 1. The molecule has 1 atom stereocenters. The molecule has 1 fully saturated rings. The lowest BCUT2D eigenvalue weighted by atomic mass is 9.89. The van der Waals surface area contributed by atoms with Gasteiger partial charge in [-0.3, -0.25) is 9.59 Å². The monoisotopic (exact) mass is 380 g/mol. The van der Waals surface area contributed by atoms with Gasteiger partial charge in [-0.2, -0.15) is 0 Å². The zero-order valence-electron chi connectivity index (χ0n) is 14.9. The molecule has 4 nitrogen and oxygen atoms in total. The van der Waals surface area contributed by atoms with Crippen molar-refractivity contribution in [2.75, 3.05) is 0 Å². The molecule has 1 saturated carbocycles. The third kappa shape index (κ3) is 3.82. The van der Waals surface area contributed by atoms with Crippen molar-refractivity contribution in [3.8, 4) is 0 Å². The van der Waals surface area contributed by atoms with Crippen LogP contribution < -0.4 is 10.9 Å². The number of hydrogen-bond acceptors (Lipinski definition) is 3. The molecule has 0 aliphatic heterocycles. The highest BCUT2D eigenvalue weighted by molar-refractivity contribution is 6.32. The number of aromatic nitrogens is 1. The molecule has 2 N–H and O–H groups in total. The fourth-order valence-corrected chi connectivity index (χ4v) is 3.74. The summed E-state index contributed by atoms with van der Waals surface area (Å²) in [6, 6.07) is 15.2. The van der Waals surface area contributed by atoms with Crippen LogP contribution in [0.15, 0.2) is 59.5 Å². The van der Waals surface area contributed by atoms with E-state index < -0.39 is 0 Å². The molecule has 1 heterocycles. The van der Waals surface area contributed by atoms with Crippen molar-refractivity contribution in [1.29, 1.82) is 0 Å². The zero-order valence-corrected chi connectivity index (χ0v) is 15.6. The topological polar surface area (TPSA) is 62.0 Å². The van der Waals surface area contributed by atoms with Crippen molar-refractivity contribution in [2.45, 2.75) is 37.8 Å². The average molecular weight is 381 g/mol. The third-order valence-electron chi connectivity index (χ3n) is 5.27. The summed E-state index contributed by atoms with van der Waals surface area (Å²) in [5.41, 5.74) is 1.54. The normalized spacial score (nSPS) is 15.4. The molecule has 1 aliphatic carbocycles. The molecular weight excluding hydrogens is 360 g/mol. The zero-order chi connectivity index (χ0) is 18.8. The minimum absolute atomic E-state index is 0.0826. The molecule has 3 aromatic rings. The Labute approximate surface area is 162 Å². The number of H-pyrrole nitrogens is 1. The number of hydrogen-bond donors (Lipinski definition) is 2. The standard InChI is InChI=1S/C22H21ClN2O2/c23-19-13-18-15(9-10-24-22(18)27)11-16(19)12-20(26)21(25-17-7-4-8-17)14-5-2-1-3-6-14/h1-3,5-6,9-11,13,17,21,25H,4,7-8,12H2,(H,24,27). The number of benzene rings is 2. The molecule has 27 heavy (non-hydrogen) atoms. The molecule has 0 amide bonds. The summed E-state index contributed by atoms with van der Waals surface area (Å²) in [6.45, 7) is 0. The number of Topliss-reactive ketones (excluding diaryl/α,β-unsaturated/α-hetero) is 1. The van der Waals surface area contributed by atoms with E-state index >= 15 is 0 Å². The van der Waals surface area contributed by atoms with Gasteiger partial charge in [0.2, 0.25) is 0 Å². The fourth-order valence-electron chi connectivity index (χ4n) is 3.51. The van der Waals surface area contributed by atoms with Crippen LogP contribution in [0.4, 0.5) is 0 Å². The van der Waals surface area contributed by atoms with Gasteiger partial charge in [0.15, 0.2) is 5.78 Å². The van der Waals surface area contributed by atoms with Gasteiger partial charge in [-0.05, 0) is 47.6 Å². The molecule has 5 heteroatoms. The second-order valence-electron chi connectivity index (χ2n) is 7.12. The van der Waals surface area contributed by atoms with Gasteiger partial charge in [0.1, 0.15) is 0 Å². The second kappa shape index (κ2) is 7.67. The van der Waals surface area contributed by atoms with Crippen molar-refractivity contribution < 1.29 is 4.79 Å². The van der Waals surface area contributed by atoms with Crippen LogP contribution in [0.25, 0.3) is 10.8 Å². The van der Waals surface area contributed by atoms with Crippen LogP contribution in [-0.4, -0.2) is 16.8 Å². The summed E-state index contributed by atoms with van der Waals surface area (Å²) in [4.78, 5) is 27.7. The summed E-state index contributed by atoms with van der Waals surface area (Å²) in [5, 5.41) is 5.27. The SMILES string of the molecule is O=C(Cc1cc2cc[nH]c(=O)c2cc1Cl)C(NC1CCC1)c1ccccc1. The maximum absolute atomic E-state index is 13.2. The average Bonchev–Trinajstić information content (AvgIpc) is 2.63. The quantitative estimate of drug-likeness (QED) is 0.674. The van der Waals surface area contributed by atoms with E-state index in [0.29, 0.717) is 16.5 Å². The Morgan fingerprint density at radius 3 is 2.67 bits per heavy atom. The number of aromatic amines is 1. The van der Waals surface area contributed by atoms with Crippen LogP contribution in [-0.2, 0) is 11.2 Å². The number of carbonyl (C=O) groups is 1. The van der Waals surface area contributed by atoms with Crippen LogP contribution in [0.5, 0.6) is 0 Å². The molecule has 0 radical (unpaired) electrons. The van der Waals surface area contributed by atoms with E-state index in [2.05, 4.69) is 10.3 Å². The first-order chi connectivity index (χ1) is 13.1. The summed E-state index contributed by atoms with van der Waals surface area (Å²) in [5.74, 6) is 0.0826. The minimum atomic E-state index is -0.345. The van der Waals surface area contributed by atoms with Crippen molar-refractivity contribution in [1.82, 2.24) is 10.3 Å². The molecule has 0 saturated heterocycles. The fraction of sp³-hybridized carbons (Fsp3) is 0.273. The minimum Gasteiger partial charge on any atom is -0.329 e. The number of halogens is 1. The van der Waals surface area contributed by atoms with Crippen molar-refractivity contribution >= 4 is 28.2 Å². The molecule has 2 aromatic carbocycles. The van der Waals surface area contributed by atoms with Crippen LogP contribution in [0.1, 0.15) is 36.4 Å². The highest BCUT2D eigenvalue weighted by atomic mass is 35.5. The Morgan fingerprint density at radius 1 is 1.19 bits per heavy atom. The predicted molar refractivity (Wildman–Crippen MR) is 108 cm³/mol. The van der Waals surface area contributed by atoms with Gasteiger partial charge >= 0.3 is 0 Å². The molecule has 138 valence electrons. The van der Waals surface area contributed by atoms with Gasteiger partial charge in [0.05, 0.1) is 6.04 Å². The Morgan fingerprint density at radius 2 is 1.96 bits per heavy atom. The predicted octanol–water partition coefficient (Wildman–Crippen LogP) is 4.18. The smallest absolute Gasteiger partial charge is 0.255 e. The van der Waals surface area contributed by atoms with E-state index in [9.17, 15) is 9.59 Å². The molecule has 0 spiro atoms. The van der Waals surface area contributed by atoms with E-state index in [1.165, 1.54) is 6.42 Å². The number of rotatable bonds is 6. The van der Waals surface area contributed by atoms with E-state index in [1.54, 1.807) is 12.3 Å². The number of carbonyl (C=O) groups excluding carboxylic acids is 1. The van der Waals surface area contributed by atoms with Gasteiger partial charge in [-0.15, -0.1) is 0 Å². The first kappa shape index (κ1) is 18.0. The number of fused-ring (bicyclic) bond motifs is 1. The second-order valence-corrected chi connectivity index (χ2v) is 7.53. The van der Waals surface area contributed by atoms with Crippen molar-refractivity contribution in [3.05, 3.63) is 81.2 Å². The molecule has 1 aliphatic rings. The Hall–Kier alpha value is -2.43. The van der Waals surface area contributed by atoms with Crippen LogP contribution in [0.3, 0.4) is 0 Å². The van der Waals surface area contributed by atoms with E-state index in [1.807, 2.05) is 42.5 Å². The summed E-state index contributed by atoms with van der Waals surface area (Å²) in [6.07, 6.45) is 5.25. The lowest BCUT2D eigenvalue weighted by molar-refractivity contribution is -0.121. The molecule has 1 aromatic heterocycles.